The summed E-state index contributed by atoms with van der Waals surface area (Å²) in [6, 6.07) is 0.850. The number of nitrogens with two attached hydrogens (primary N) is 1. The van der Waals surface area contributed by atoms with Crippen molar-refractivity contribution in [1.82, 2.24) is 13.7 Å². The summed E-state index contributed by atoms with van der Waals surface area (Å²) in [7, 11) is 1.40. The van der Waals surface area contributed by atoms with Crippen LogP contribution in [-0.4, -0.2) is 99.6 Å². The molecule has 0 spiro atoms. The quantitative estimate of drug-likeness (QED) is 0.326. The Morgan fingerprint density at radius 3 is 1.39 bits per heavy atom. The van der Waals surface area contributed by atoms with Gasteiger partial charge in [-0.2, -0.15) is 0 Å². The van der Waals surface area contributed by atoms with E-state index in [9.17, 15) is 0 Å². The number of rotatable bonds is 15. The molecule has 0 heterocycles. The second-order valence-corrected chi connectivity index (χ2v) is 15.3. The van der Waals surface area contributed by atoms with Crippen molar-refractivity contribution in [3.05, 3.63) is 0 Å². The van der Waals surface area contributed by atoms with E-state index in [1.54, 1.807) is 0 Å². The molecule has 0 rings (SSSR count). The fourth-order valence-electron chi connectivity index (χ4n) is 1.56. The van der Waals surface area contributed by atoms with Gasteiger partial charge in [-0.05, 0) is 53.7 Å². The summed E-state index contributed by atoms with van der Waals surface area (Å²) in [6.45, 7) is 10.1. The van der Waals surface area contributed by atoms with Crippen molar-refractivity contribution < 1.29 is 12.3 Å². The lowest BCUT2D eigenvalue weighted by Gasteiger charge is -2.34. The molecule has 0 aromatic carbocycles. The van der Waals surface area contributed by atoms with Crippen LogP contribution in [-0.2, 0) is 12.3 Å². The van der Waals surface area contributed by atoms with E-state index in [1.165, 1.54) is 0 Å². The maximum atomic E-state index is 6.39. The summed E-state index contributed by atoms with van der Waals surface area (Å²) >= 11 is 0. The molecule has 0 bridgehead atoms. The molecule has 0 aliphatic heterocycles. The summed E-state index contributed by atoms with van der Waals surface area (Å²) in [5, 5.41) is 0. The van der Waals surface area contributed by atoms with E-state index < -0.39 is 38.6 Å². The monoisotopic (exact) mass is 398 g/mol. The van der Waals surface area contributed by atoms with Gasteiger partial charge in [0.25, 0.3) is 0 Å². The highest BCUT2D eigenvalue weighted by Crippen LogP contribution is 2.17. The second-order valence-electron chi connectivity index (χ2n) is 5.91. The first kappa shape index (κ1) is 23.6. The average molecular weight is 399 g/mol. The maximum Gasteiger partial charge on any atom is 0.471 e. The Bertz CT molecular complexity index is 259. The Hall–Kier alpha value is 0.588. The highest BCUT2D eigenvalue weighted by Gasteiger charge is 2.40. The molecule has 23 heavy (non-hydrogen) atoms. The number of hydrogen-bond acceptors (Lipinski definition) is 7. The topological polar surface area (TPSA) is 63.4 Å². The Morgan fingerprint density at radius 2 is 1.13 bits per heavy atom. The van der Waals surface area contributed by atoms with Crippen LogP contribution in [0.4, 0.5) is 0 Å². The minimum absolute atomic E-state index is 0.659. The SMILES string of the molecule is CCN(C)[SiH2]O[Si](CCCN)(O[SiH2]N(C)CC)O[SiH2]N(C)CC. The van der Waals surface area contributed by atoms with Crippen molar-refractivity contribution in [3.8, 4) is 0 Å². The van der Waals surface area contributed by atoms with E-state index in [0.29, 0.717) is 6.54 Å². The van der Waals surface area contributed by atoms with Gasteiger partial charge in [-0.25, -0.2) is 0 Å². The Kier molecular flexibility index (Phi) is 14.2. The molecule has 2 N–H and O–H groups in total. The third kappa shape index (κ3) is 10.9. The Labute approximate surface area is 151 Å². The fourth-order valence-corrected chi connectivity index (χ4v) is 12.7. The summed E-state index contributed by atoms with van der Waals surface area (Å²) in [5.74, 6) is 0. The molecule has 0 saturated carbocycles. The standard InChI is InChI=1S/C12H38N4O3Si4/c1-7-14(4)20-17-23(12-10-11-13,18-21-15(5)8-2)19-22-16(6)9-3/h7-13,20-22H2,1-6H3. The molecule has 0 aromatic rings. The van der Waals surface area contributed by atoms with Gasteiger partial charge in [0.2, 0.25) is 29.8 Å². The van der Waals surface area contributed by atoms with Crippen molar-refractivity contribution in [2.24, 2.45) is 5.73 Å². The smallest absolute Gasteiger partial charge is 0.408 e. The average Bonchev–Trinajstić information content (AvgIpc) is 2.59. The second kappa shape index (κ2) is 13.8. The summed E-state index contributed by atoms with van der Waals surface area (Å²) in [5.41, 5.74) is 5.74. The zero-order valence-corrected chi connectivity index (χ0v) is 21.3. The van der Waals surface area contributed by atoms with Gasteiger partial charge < -0.3 is 31.8 Å². The molecule has 7 nitrogen and oxygen atoms in total. The fraction of sp³-hybridized carbons (Fsp3) is 1.00. The molecule has 0 unspecified atom stereocenters. The highest BCUT2D eigenvalue weighted by molar-refractivity contribution is 6.72. The predicted octanol–water partition coefficient (Wildman–Crippen LogP) is -1.82. The molecule has 0 aliphatic carbocycles. The van der Waals surface area contributed by atoms with Gasteiger partial charge in [0.1, 0.15) is 0 Å². The molecule has 140 valence electrons. The van der Waals surface area contributed by atoms with E-state index in [4.69, 9.17) is 18.1 Å². The van der Waals surface area contributed by atoms with Crippen LogP contribution < -0.4 is 5.73 Å². The van der Waals surface area contributed by atoms with Crippen LogP contribution in [0.15, 0.2) is 0 Å². The van der Waals surface area contributed by atoms with E-state index in [-0.39, 0.29) is 0 Å². The van der Waals surface area contributed by atoms with E-state index in [1.807, 2.05) is 0 Å². The van der Waals surface area contributed by atoms with Crippen molar-refractivity contribution in [2.45, 2.75) is 33.2 Å². The van der Waals surface area contributed by atoms with Gasteiger partial charge in [0.15, 0.2) is 0 Å². The Morgan fingerprint density at radius 1 is 0.783 bits per heavy atom. The molecule has 0 atom stereocenters. The van der Waals surface area contributed by atoms with Gasteiger partial charge in [-0.1, -0.05) is 20.8 Å². The van der Waals surface area contributed by atoms with Crippen LogP contribution in [0.3, 0.4) is 0 Å². The van der Waals surface area contributed by atoms with Gasteiger partial charge in [0, 0.05) is 6.04 Å². The normalized spacial score (nSPS) is 16.4. The van der Waals surface area contributed by atoms with E-state index >= 15 is 0 Å². The number of nitrogens with zero attached hydrogens (tertiary/aromatic N) is 3. The van der Waals surface area contributed by atoms with E-state index in [2.05, 4.69) is 55.6 Å². The largest absolute Gasteiger partial charge is 0.471 e. The predicted molar refractivity (Wildman–Crippen MR) is 108 cm³/mol. The zero-order valence-electron chi connectivity index (χ0n) is 16.0. The lowest BCUT2D eigenvalue weighted by Crippen LogP contribution is -2.54. The molecule has 0 aromatic heterocycles. The molecule has 11 heteroatoms. The van der Waals surface area contributed by atoms with Crippen LogP contribution in [0.2, 0.25) is 6.04 Å². The molecule has 0 radical (unpaired) electrons. The molecule has 0 aliphatic rings. The molecule has 0 saturated heterocycles. The lowest BCUT2D eigenvalue weighted by atomic mass is 10.5. The first-order valence-corrected chi connectivity index (χ1v) is 14.2. The van der Waals surface area contributed by atoms with Gasteiger partial charge >= 0.3 is 8.80 Å². The van der Waals surface area contributed by atoms with Crippen LogP contribution in [0.5, 0.6) is 0 Å². The third-order valence-electron chi connectivity index (χ3n) is 3.82. The van der Waals surface area contributed by atoms with Gasteiger partial charge in [-0.15, -0.1) is 0 Å². The minimum Gasteiger partial charge on any atom is -0.408 e. The lowest BCUT2D eigenvalue weighted by molar-refractivity contribution is 0.242. The molecule has 0 amide bonds. The van der Waals surface area contributed by atoms with Crippen molar-refractivity contribution in [3.63, 3.8) is 0 Å². The van der Waals surface area contributed by atoms with Gasteiger partial charge in [0.05, 0.1) is 0 Å². The van der Waals surface area contributed by atoms with Crippen molar-refractivity contribution in [1.29, 1.82) is 0 Å². The van der Waals surface area contributed by atoms with Crippen LogP contribution in [0, 0.1) is 0 Å². The van der Waals surface area contributed by atoms with Crippen molar-refractivity contribution in [2.75, 3.05) is 47.3 Å². The molecular formula is C12H38N4O3Si4. The summed E-state index contributed by atoms with van der Waals surface area (Å²) in [6.07, 6.45) is 0.908. The highest BCUT2D eigenvalue weighted by atomic mass is 28.5. The third-order valence-corrected chi connectivity index (χ3v) is 14.3. The van der Waals surface area contributed by atoms with Crippen molar-refractivity contribution >= 4 is 38.6 Å². The van der Waals surface area contributed by atoms with Crippen LogP contribution >= 0.6 is 0 Å². The molecule has 0 fully saturated rings. The van der Waals surface area contributed by atoms with Gasteiger partial charge in [-0.3, -0.25) is 0 Å². The maximum absolute atomic E-state index is 6.39. The Balaban J connectivity index is 4.92. The zero-order chi connectivity index (χ0) is 17.7. The van der Waals surface area contributed by atoms with Crippen LogP contribution in [0.1, 0.15) is 27.2 Å². The number of hydrogen-bond donors (Lipinski definition) is 1. The first-order valence-electron chi connectivity index (χ1n) is 8.60. The van der Waals surface area contributed by atoms with Crippen LogP contribution in [0.25, 0.3) is 0 Å². The minimum atomic E-state index is -2.57. The first-order chi connectivity index (χ1) is 10.9. The van der Waals surface area contributed by atoms with E-state index in [0.717, 1.165) is 32.1 Å². The molecular weight excluding hydrogens is 361 g/mol. The summed E-state index contributed by atoms with van der Waals surface area (Å²) < 4.78 is 26.0. The summed E-state index contributed by atoms with van der Waals surface area (Å²) in [4.78, 5) is 0.